The number of pyridine rings is 1. The number of hydrogen-bond acceptors (Lipinski definition) is 3. The van der Waals surface area contributed by atoms with Gasteiger partial charge in [-0.25, -0.2) is 0 Å². The van der Waals surface area contributed by atoms with E-state index in [1.54, 1.807) is 30.6 Å². The van der Waals surface area contributed by atoms with Crippen molar-refractivity contribution in [2.45, 2.75) is 6.92 Å². The highest BCUT2D eigenvalue weighted by Gasteiger charge is 2.09. The zero-order valence-electron chi connectivity index (χ0n) is 8.23. The van der Waals surface area contributed by atoms with Crippen LogP contribution in [0.15, 0.2) is 41.3 Å². The van der Waals surface area contributed by atoms with Gasteiger partial charge in [0, 0.05) is 18.1 Å². The molecule has 0 aliphatic carbocycles. The summed E-state index contributed by atoms with van der Waals surface area (Å²) >= 11 is 0. The van der Waals surface area contributed by atoms with Gasteiger partial charge in [0.05, 0.1) is 6.26 Å². The maximum absolute atomic E-state index is 11.6. The smallest absolute Gasteiger partial charge is 0.291 e. The Morgan fingerprint density at radius 1 is 1.47 bits per heavy atom. The second-order valence-corrected chi connectivity index (χ2v) is 3.12. The van der Waals surface area contributed by atoms with Gasteiger partial charge in [-0.1, -0.05) is 0 Å². The first-order valence-electron chi connectivity index (χ1n) is 4.53. The maximum Gasteiger partial charge on any atom is 0.291 e. The molecule has 0 atom stereocenters. The minimum Gasteiger partial charge on any atom is -0.459 e. The molecule has 0 aromatic carbocycles. The van der Waals surface area contributed by atoms with Crippen molar-refractivity contribution < 1.29 is 9.21 Å². The molecule has 0 bridgehead atoms. The van der Waals surface area contributed by atoms with Gasteiger partial charge in [0.15, 0.2) is 5.76 Å². The number of aromatic nitrogens is 1. The monoisotopic (exact) mass is 202 g/mol. The van der Waals surface area contributed by atoms with E-state index in [1.165, 1.54) is 6.26 Å². The molecule has 0 spiro atoms. The van der Waals surface area contributed by atoms with Crippen molar-refractivity contribution in [1.29, 1.82) is 0 Å². The first-order valence-corrected chi connectivity index (χ1v) is 4.53. The summed E-state index contributed by atoms with van der Waals surface area (Å²) in [6.45, 7) is 1.88. The summed E-state index contributed by atoms with van der Waals surface area (Å²) in [5, 5.41) is 2.74. The Balaban J connectivity index is 2.17. The van der Waals surface area contributed by atoms with Gasteiger partial charge in [-0.3, -0.25) is 9.78 Å². The molecule has 15 heavy (non-hydrogen) atoms. The number of rotatable bonds is 2. The molecule has 2 aromatic heterocycles. The molecule has 4 heteroatoms. The van der Waals surface area contributed by atoms with Gasteiger partial charge in [-0.15, -0.1) is 0 Å². The Morgan fingerprint density at radius 3 is 3.00 bits per heavy atom. The quantitative estimate of drug-likeness (QED) is 0.812. The molecule has 1 N–H and O–H groups in total. The van der Waals surface area contributed by atoms with Crippen LogP contribution < -0.4 is 5.32 Å². The van der Waals surface area contributed by atoms with Gasteiger partial charge >= 0.3 is 0 Å². The van der Waals surface area contributed by atoms with E-state index in [9.17, 15) is 4.79 Å². The summed E-state index contributed by atoms with van der Waals surface area (Å²) in [6, 6.07) is 5.04. The molecule has 1 amide bonds. The average molecular weight is 202 g/mol. The van der Waals surface area contributed by atoms with Crippen molar-refractivity contribution in [3.63, 3.8) is 0 Å². The lowest BCUT2D eigenvalue weighted by Gasteiger charge is -2.05. The second-order valence-electron chi connectivity index (χ2n) is 3.12. The lowest BCUT2D eigenvalue weighted by molar-refractivity contribution is 0.0996. The van der Waals surface area contributed by atoms with Crippen LogP contribution in [0.25, 0.3) is 0 Å². The number of nitrogens with zero attached hydrogens (tertiary/aromatic N) is 1. The van der Waals surface area contributed by atoms with Gasteiger partial charge < -0.3 is 9.73 Å². The number of hydrogen-bond donors (Lipinski definition) is 1. The highest BCUT2D eigenvalue weighted by atomic mass is 16.3. The number of amides is 1. The molecule has 4 nitrogen and oxygen atoms in total. The van der Waals surface area contributed by atoms with E-state index in [-0.39, 0.29) is 5.91 Å². The third-order valence-electron chi connectivity index (χ3n) is 2.01. The zero-order chi connectivity index (χ0) is 10.7. The van der Waals surface area contributed by atoms with Gasteiger partial charge in [-0.2, -0.15) is 0 Å². The molecular formula is C11H10N2O2. The van der Waals surface area contributed by atoms with Crippen LogP contribution in [0.3, 0.4) is 0 Å². The van der Waals surface area contributed by atoms with Gasteiger partial charge in [-0.05, 0) is 30.7 Å². The van der Waals surface area contributed by atoms with E-state index in [2.05, 4.69) is 10.3 Å². The van der Waals surface area contributed by atoms with Gasteiger partial charge in [0.1, 0.15) is 0 Å². The molecule has 76 valence electrons. The van der Waals surface area contributed by atoms with Crippen LogP contribution in [-0.4, -0.2) is 10.9 Å². The van der Waals surface area contributed by atoms with Crippen molar-refractivity contribution in [3.8, 4) is 0 Å². The fourth-order valence-electron chi connectivity index (χ4n) is 1.21. The van der Waals surface area contributed by atoms with E-state index in [0.717, 1.165) is 11.3 Å². The summed E-state index contributed by atoms with van der Waals surface area (Å²) in [7, 11) is 0. The molecule has 0 saturated heterocycles. The average Bonchev–Trinajstić information content (AvgIpc) is 2.74. The van der Waals surface area contributed by atoms with E-state index in [0.29, 0.717) is 5.76 Å². The SMILES string of the molecule is Cc1cnccc1NC(=O)c1ccco1. The van der Waals surface area contributed by atoms with Gasteiger partial charge in [0.25, 0.3) is 5.91 Å². The second kappa shape index (κ2) is 3.96. The molecule has 2 rings (SSSR count). The molecule has 0 radical (unpaired) electrons. The molecular weight excluding hydrogens is 192 g/mol. The zero-order valence-corrected chi connectivity index (χ0v) is 8.23. The Kier molecular flexibility index (Phi) is 2.49. The first-order chi connectivity index (χ1) is 7.27. The first kappa shape index (κ1) is 9.45. The Labute approximate surface area is 86.9 Å². The van der Waals surface area contributed by atoms with Crippen molar-refractivity contribution in [3.05, 3.63) is 48.2 Å². The van der Waals surface area contributed by atoms with E-state index >= 15 is 0 Å². The number of carbonyl (C=O) groups is 1. The summed E-state index contributed by atoms with van der Waals surface area (Å²) < 4.78 is 4.98. The normalized spacial score (nSPS) is 9.93. The fraction of sp³-hybridized carbons (Fsp3) is 0.0909. The van der Waals surface area contributed by atoms with Crippen molar-refractivity contribution >= 4 is 11.6 Å². The number of carbonyl (C=O) groups excluding carboxylic acids is 1. The minimum absolute atomic E-state index is 0.255. The maximum atomic E-state index is 11.6. The van der Waals surface area contributed by atoms with Gasteiger partial charge in [0.2, 0.25) is 0 Å². The Bertz CT molecular complexity index is 463. The molecule has 2 heterocycles. The van der Waals surface area contributed by atoms with Crippen LogP contribution in [0.5, 0.6) is 0 Å². The van der Waals surface area contributed by atoms with Crippen LogP contribution >= 0.6 is 0 Å². The predicted octanol–water partition coefficient (Wildman–Crippen LogP) is 2.24. The summed E-state index contributed by atoms with van der Waals surface area (Å²) in [6.07, 6.45) is 4.79. The predicted molar refractivity (Wildman–Crippen MR) is 55.6 cm³/mol. The van der Waals surface area contributed by atoms with E-state index in [4.69, 9.17) is 4.42 Å². The van der Waals surface area contributed by atoms with Crippen LogP contribution in [0, 0.1) is 6.92 Å². The fourth-order valence-corrected chi connectivity index (χ4v) is 1.21. The highest BCUT2D eigenvalue weighted by molar-refractivity contribution is 6.02. The molecule has 0 fully saturated rings. The summed E-state index contributed by atoms with van der Waals surface area (Å²) in [5.74, 6) is 0.0421. The van der Waals surface area contributed by atoms with Crippen molar-refractivity contribution in [2.24, 2.45) is 0 Å². The Hall–Kier alpha value is -2.10. The number of anilines is 1. The third kappa shape index (κ3) is 2.04. The van der Waals surface area contributed by atoms with Crippen LogP contribution in [0.1, 0.15) is 16.1 Å². The molecule has 0 saturated carbocycles. The lowest BCUT2D eigenvalue weighted by atomic mass is 10.2. The third-order valence-corrected chi connectivity index (χ3v) is 2.01. The topological polar surface area (TPSA) is 55.1 Å². The van der Waals surface area contributed by atoms with Crippen LogP contribution in [-0.2, 0) is 0 Å². The number of nitrogens with one attached hydrogen (secondary N) is 1. The largest absolute Gasteiger partial charge is 0.459 e. The highest BCUT2D eigenvalue weighted by Crippen LogP contribution is 2.13. The van der Waals surface area contributed by atoms with E-state index in [1.807, 2.05) is 6.92 Å². The molecule has 0 unspecified atom stereocenters. The van der Waals surface area contributed by atoms with Crippen molar-refractivity contribution in [1.82, 2.24) is 4.98 Å². The molecule has 0 aliphatic rings. The van der Waals surface area contributed by atoms with E-state index < -0.39 is 0 Å². The van der Waals surface area contributed by atoms with Crippen LogP contribution in [0.4, 0.5) is 5.69 Å². The lowest BCUT2D eigenvalue weighted by Crippen LogP contribution is -2.11. The van der Waals surface area contributed by atoms with Crippen LogP contribution in [0.2, 0.25) is 0 Å². The Morgan fingerprint density at radius 2 is 2.33 bits per heavy atom. The summed E-state index contributed by atoms with van der Waals surface area (Å²) in [5.41, 5.74) is 1.66. The van der Waals surface area contributed by atoms with Crippen molar-refractivity contribution in [2.75, 3.05) is 5.32 Å². The molecule has 2 aromatic rings. The number of furan rings is 1. The molecule has 0 aliphatic heterocycles. The summed E-state index contributed by atoms with van der Waals surface area (Å²) in [4.78, 5) is 15.5. The standard InChI is InChI=1S/C11H10N2O2/c1-8-7-12-5-4-9(8)13-11(14)10-3-2-6-15-10/h2-7H,1H3,(H,12,13,14). The number of aryl methyl sites for hydroxylation is 1. The minimum atomic E-state index is -0.255.